The van der Waals surface area contributed by atoms with Gasteiger partial charge in [-0.25, -0.2) is 4.79 Å². The van der Waals surface area contributed by atoms with Gasteiger partial charge in [0.1, 0.15) is 5.60 Å². The van der Waals surface area contributed by atoms with E-state index in [0.29, 0.717) is 30.2 Å². The first-order chi connectivity index (χ1) is 18.2. The molecule has 0 N–H and O–H groups in total. The largest absolute Gasteiger partial charge is 0.493 e. The molecule has 1 atom stereocenters. The topological polar surface area (TPSA) is 68.3 Å². The molecule has 200 valence electrons. The Morgan fingerprint density at radius 3 is 2.29 bits per heavy atom. The van der Waals surface area contributed by atoms with Gasteiger partial charge in [0.2, 0.25) is 0 Å². The molecular formula is C31H36N2O5. The molecule has 0 aliphatic carbocycles. The lowest BCUT2D eigenvalue weighted by Gasteiger charge is -2.32. The maximum Gasteiger partial charge on any atom is 0.410 e. The number of nitrogens with zero attached hydrogens (tertiary/aromatic N) is 2. The van der Waals surface area contributed by atoms with E-state index in [9.17, 15) is 9.59 Å². The third-order valence-corrected chi connectivity index (χ3v) is 6.54. The predicted molar refractivity (Wildman–Crippen MR) is 149 cm³/mol. The molecule has 0 spiro atoms. The molecule has 0 aromatic heterocycles. The zero-order chi connectivity index (χ0) is 27.3. The van der Waals surface area contributed by atoms with E-state index in [4.69, 9.17) is 14.2 Å². The van der Waals surface area contributed by atoms with Crippen LogP contribution in [0.1, 0.15) is 44.0 Å². The molecule has 1 fully saturated rings. The van der Waals surface area contributed by atoms with Gasteiger partial charge in [0.25, 0.3) is 5.91 Å². The highest BCUT2D eigenvalue weighted by Gasteiger charge is 2.35. The Morgan fingerprint density at radius 2 is 1.61 bits per heavy atom. The fourth-order valence-corrected chi connectivity index (χ4v) is 4.71. The first kappa shape index (κ1) is 27.0. The number of amides is 2. The first-order valence-electron chi connectivity index (χ1n) is 12.9. The van der Waals surface area contributed by atoms with Crippen molar-refractivity contribution in [2.75, 3.05) is 32.2 Å². The summed E-state index contributed by atoms with van der Waals surface area (Å²) >= 11 is 0. The van der Waals surface area contributed by atoms with Crippen molar-refractivity contribution >= 4 is 17.7 Å². The maximum absolute atomic E-state index is 14.0. The third-order valence-electron chi connectivity index (χ3n) is 6.54. The van der Waals surface area contributed by atoms with Crippen molar-refractivity contribution in [3.8, 4) is 22.6 Å². The van der Waals surface area contributed by atoms with E-state index >= 15 is 0 Å². The van der Waals surface area contributed by atoms with E-state index in [1.807, 2.05) is 75.4 Å². The lowest BCUT2D eigenvalue weighted by Crippen LogP contribution is -2.47. The Bertz CT molecular complexity index is 1270. The average Bonchev–Trinajstić information content (AvgIpc) is 3.39. The van der Waals surface area contributed by atoms with Crippen LogP contribution >= 0.6 is 0 Å². The third kappa shape index (κ3) is 6.28. The monoisotopic (exact) mass is 516 g/mol. The van der Waals surface area contributed by atoms with Crippen LogP contribution in [0.25, 0.3) is 11.1 Å². The van der Waals surface area contributed by atoms with Crippen molar-refractivity contribution in [2.45, 2.75) is 45.3 Å². The first-order valence-corrected chi connectivity index (χ1v) is 12.9. The average molecular weight is 517 g/mol. The van der Waals surface area contributed by atoms with Crippen molar-refractivity contribution in [1.29, 1.82) is 0 Å². The number of rotatable bonds is 7. The summed E-state index contributed by atoms with van der Waals surface area (Å²) in [5.74, 6) is 0.841. The number of benzene rings is 3. The number of methoxy groups -OCH3 is 2. The minimum Gasteiger partial charge on any atom is -0.493 e. The van der Waals surface area contributed by atoms with Gasteiger partial charge < -0.3 is 24.0 Å². The smallest absolute Gasteiger partial charge is 0.410 e. The molecule has 7 heteroatoms. The Balaban J connectivity index is 1.71. The van der Waals surface area contributed by atoms with Crippen LogP contribution in [-0.4, -0.2) is 55.9 Å². The van der Waals surface area contributed by atoms with Gasteiger partial charge in [0.05, 0.1) is 20.3 Å². The number of likely N-dealkylation sites (tertiary alicyclic amines) is 1. The molecule has 1 aliphatic heterocycles. The van der Waals surface area contributed by atoms with Crippen molar-refractivity contribution < 1.29 is 23.8 Å². The Kier molecular flexibility index (Phi) is 8.25. The molecule has 1 heterocycles. The summed E-state index contributed by atoms with van der Waals surface area (Å²) in [5, 5.41) is 0. The Morgan fingerprint density at radius 1 is 0.895 bits per heavy atom. The van der Waals surface area contributed by atoms with Gasteiger partial charge in [-0.05, 0) is 75.1 Å². The van der Waals surface area contributed by atoms with Crippen LogP contribution in [0, 0.1) is 0 Å². The highest BCUT2D eigenvalue weighted by atomic mass is 16.6. The molecule has 4 rings (SSSR count). The molecule has 3 aromatic carbocycles. The minimum absolute atomic E-state index is 0.172. The second kappa shape index (κ2) is 11.6. The zero-order valence-electron chi connectivity index (χ0n) is 22.8. The summed E-state index contributed by atoms with van der Waals surface area (Å²) in [4.78, 5) is 30.5. The number of hydrogen-bond donors (Lipinski definition) is 0. The fraction of sp³-hybridized carbons (Fsp3) is 0.355. The van der Waals surface area contributed by atoms with Gasteiger partial charge in [-0.15, -0.1) is 0 Å². The summed E-state index contributed by atoms with van der Waals surface area (Å²) in [6.45, 7) is 6.51. The molecule has 1 unspecified atom stereocenters. The normalized spacial score (nSPS) is 15.2. The van der Waals surface area contributed by atoms with Crippen molar-refractivity contribution in [3.05, 3.63) is 78.4 Å². The molecule has 0 saturated carbocycles. The zero-order valence-corrected chi connectivity index (χ0v) is 22.8. The molecule has 1 saturated heterocycles. The van der Waals surface area contributed by atoms with Crippen LogP contribution in [0.3, 0.4) is 0 Å². The number of hydrogen-bond acceptors (Lipinski definition) is 5. The van der Waals surface area contributed by atoms with E-state index in [1.54, 1.807) is 42.2 Å². The molecule has 2 amide bonds. The van der Waals surface area contributed by atoms with E-state index in [2.05, 4.69) is 0 Å². The van der Waals surface area contributed by atoms with Crippen molar-refractivity contribution in [1.82, 2.24) is 4.90 Å². The van der Waals surface area contributed by atoms with Crippen molar-refractivity contribution in [3.63, 3.8) is 0 Å². The quantitative estimate of drug-likeness (QED) is 0.363. The summed E-state index contributed by atoms with van der Waals surface area (Å²) in [6, 6.07) is 23.0. The summed E-state index contributed by atoms with van der Waals surface area (Å²) in [5.41, 5.74) is 2.69. The van der Waals surface area contributed by atoms with Gasteiger partial charge >= 0.3 is 6.09 Å². The van der Waals surface area contributed by atoms with Crippen LogP contribution in [0.5, 0.6) is 11.5 Å². The van der Waals surface area contributed by atoms with Crippen LogP contribution in [0.2, 0.25) is 0 Å². The number of carbonyl (C=O) groups excluding carboxylic acids is 2. The SMILES string of the molecule is COc1ccc(C(=O)N(CC2CCCN2C(=O)OC(C)(C)C)c2cccc(-c3ccccc3)c2)cc1OC. The molecule has 0 bridgehead atoms. The minimum atomic E-state index is -0.594. The van der Waals surface area contributed by atoms with E-state index in [-0.39, 0.29) is 18.0 Å². The summed E-state index contributed by atoms with van der Waals surface area (Å²) < 4.78 is 16.5. The van der Waals surface area contributed by atoms with Crippen LogP contribution in [0.4, 0.5) is 10.5 Å². The van der Waals surface area contributed by atoms with Gasteiger partial charge in [-0.3, -0.25) is 4.79 Å². The lowest BCUT2D eigenvalue weighted by molar-refractivity contribution is 0.0230. The highest BCUT2D eigenvalue weighted by Crippen LogP contribution is 2.31. The van der Waals surface area contributed by atoms with Gasteiger partial charge in [0.15, 0.2) is 11.5 Å². The van der Waals surface area contributed by atoms with Crippen molar-refractivity contribution in [2.24, 2.45) is 0 Å². The highest BCUT2D eigenvalue weighted by molar-refractivity contribution is 6.07. The van der Waals surface area contributed by atoms with Crippen LogP contribution in [-0.2, 0) is 4.74 Å². The molecule has 1 aliphatic rings. The molecule has 3 aromatic rings. The molecule has 7 nitrogen and oxygen atoms in total. The standard InChI is InChI=1S/C31H36N2O5/c1-31(2,3)38-30(35)32-18-10-15-26(32)21-33(29(34)24-16-17-27(36-4)28(20-24)37-5)25-14-9-13-23(19-25)22-11-7-6-8-12-22/h6-9,11-14,16-17,19-20,26H,10,15,18,21H2,1-5H3. The van der Waals surface area contributed by atoms with E-state index in [0.717, 1.165) is 29.7 Å². The molecule has 0 radical (unpaired) electrons. The summed E-state index contributed by atoms with van der Waals surface area (Å²) in [7, 11) is 3.11. The Labute approximate surface area is 224 Å². The second-order valence-electron chi connectivity index (χ2n) is 10.4. The fourth-order valence-electron chi connectivity index (χ4n) is 4.71. The van der Waals surface area contributed by atoms with Gasteiger partial charge in [-0.1, -0.05) is 42.5 Å². The summed E-state index contributed by atoms with van der Waals surface area (Å²) in [6.07, 6.45) is 1.29. The van der Waals surface area contributed by atoms with E-state index in [1.165, 1.54) is 0 Å². The number of carbonyl (C=O) groups is 2. The molecular weight excluding hydrogens is 480 g/mol. The van der Waals surface area contributed by atoms with Crippen LogP contribution in [0.15, 0.2) is 72.8 Å². The second-order valence-corrected chi connectivity index (χ2v) is 10.4. The van der Waals surface area contributed by atoms with E-state index < -0.39 is 5.60 Å². The number of ether oxygens (including phenoxy) is 3. The van der Waals surface area contributed by atoms with Gasteiger partial charge in [0, 0.05) is 24.3 Å². The van der Waals surface area contributed by atoms with Gasteiger partial charge in [-0.2, -0.15) is 0 Å². The lowest BCUT2D eigenvalue weighted by atomic mass is 10.0. The maximum atomic E-state index is 14.0. The Hall–Kier alpha value is -4.00. The van der Waals surface area contributed by atoms with Crippen LogP contribution < -0.4 is 14.4 Å². The molecule has 38 heavy (non-hydrogen) atoms. The predicted octanol–water partition coefficient (Wildman–Crippen LogP) is 6.42. The number of anilines is 1.